The van der Waals surface area contributed by atoms with Crippen LogP contribution < -0.4 is 5.32 Å². The van der Waals surface area contributed by atoms with Crippen LogP contribution in [0.25, 0.3) is 0 Å². The maximum absolute atomic E-state index is 4.65. The van der Waals surface area contributed by atoms with Gasteiger partial charge in [0.15, 0.2) is 0 Å². The summed E-state index contributed by atoms with van der Waals surface area (Å²) in [7, 11) is 0. The molecule has 18 heavy (non-hydrogen) atoms. The zero-order chi connectivity index (χ0) is 13.0. The van der Waals surface area contributed by atoms with Crippen molar-refractivity contribution in [2.24, 2.45) is 5.92 Å². The van der Waals surface area contributed by atoms with Crippen molar-refractivity contribution in [2.75, 3.05) is 5.32 Å². The van der Waals surface area contributed by atoms with Gasteiger partial charge in [-0.1, -0.05) is 39.5 Å². The first kappa shape index (κ1) is 13.4. The molecule has 0 atom stereocenters. The van der Waals surface area contributed by atoms with Crippen molar-refractivity contribution in [1.29, 1.82) is 0 Å². The molecule has 0 aliphatic heterocycles. The first-order valence-corrected chi connectivity index (χ1v) is 7.53. The molecular formula is C15H27N3. The average Bonchev–Trinajstić information content (AvgIpc) is 2.97. The second-order valence-corrected chi connectivity index (χ2v) is 5.67. The van der Waals surface area contributed by atoms with Crippen LogP contribution in [0.3, 0.4) is 0 Å². The third-order valence-electron chi connectivity index (χ3n) is 4.19. The first-order valence-electron chi connectivity index (χ1n) is 7.53. The highest BCUT2D eigenvalue weighted by Gasteiger charge is 2.18. The summed E-state index contributed by atoms with van der Waals surface area (Å²) in [5.41, 5.74) is 1.13. The second kappa shape index (κ2) is 6.26. The normalized spacial score (nSPS) is 16.7. The molecular weight excluding hydrogens is 222 g/mol. The summed E-state index contributed by atoms with van der Waals surface area (Å²) in [4.78, 5) is 4.65. The molecule has 0 unspecified atom stereocenters. The van der Waals surface area contributed by atoms with Crippen molar-refractivity contribution in [3.8, 4) is 0 Å². The minimum Gasteiger partial charge on any atom is -0.353 e. The summed E-state index contributed by atoms with van der Waals surface area (Å²) in [6.07, 6.45) is 10.0. The largest absolute Gasteiger partial charge is 0.353 e. The van der Waals surface area contributed by atoms with Crippen molar-refractivity contribution in [3.05, 3.63) is 11.9 Å². The predicted molar refractivity (Wildman–Crippen MR) is 76.9 cm³/mol. The minimum atomic E-state index is 0.646. The molecule has 0 bridgehead atoms. The Labute approximate surface area is 111 Å². The molecule has 1 aliphatic carbocycles. The zero-order valence-corrected chi connectivity index (χ0v) is 12.1. The van der Waals surface area contributed by atoms with E-state index in [1.165, 1.54) is 38.5 Å². The van der Waals surface area contributed by atoms with Gasteiger partial charge in [0.05, 0.1) is 5.69 Å². The Hall–Kier alpha value is -0.990. The van der Waals surface area contributed by atoms with E-state index >= 15 is 0 Å². The number of hydrogen-bond acceptors (Lipinski definition) is 2. The smallest absolute Gasteiger partial charge is 0.203 e. The van der Waals surface area contributed by atoms with Crippen LogP contribution in [0.2, 0.25) is 0 Å². The fourth-order valence-corrected chi connectivity index (χ4v) is 2.88. The lowest BCUT2D eigenvalue weighted by molar-refractivity contribution is 0.420. The maximum Gasteiger partial charge on any atom is 0.203 e. The van der Waals surface area contributed by atoms with Gasteiger partial charge in [0.1, 0.15) is 0 Å². The van der Waals surface area contributed by atoms with Gasteiger partial charge in [-0.15, -0.1) is 0 Å². The lowest BCUT2D eigenvalue weighted by Crippen LogP contribution is -2.19. The molecule has 0 saturated heterocycles. The number of hydrogen-bond donors (Lipinski definition) is 1. The molecule has 3 nitrogen and oxygen atoms in total. The molecule has 0 radical (unpaired) electrons. The third kappa shape index (κ3) is 3.27. The van der Waals surface area contributed by atoms with E-state index in [4.69, 9.17) is 0 Å². The summed E-state index contributed by atoms with van der Waals surface area (Å²) >= 11 is 0. The Morgan fingerprint density at radius 2 is 2.00 bits per heavy atom. The summed E-state index contributed by atoms with van der Waals surface area (Å²) in [6, 6.07) is 0.646. The molecule has 3 heteroatoms. The van der Waals surface area contributed by atoms with Gasteiger partial charge in [0.25, 0.3) is 0 Å². The van der Waals surface area contributed by atoms with Gasteiger partial charge in [-0.2, -0.15) is 0 Å². The number of aromatic nitrogens is 2. The fraction of sp³-hybridized carbons (Fsp3) is 0.800. The number of rotatable bonds is 6. The lowest BCUT2D eigenvalue weighted by Gasteiger charge is -2.18. The number of anilines is 1. The van der Waals surface area contributed by atoms with Crippen LogP contribution in [0.5, 0.6) is 0 Å². The summed E-state index contributed by atoms with van der Waals surface area (Å²) < 4.78 is 2.32. The van der Waals surface area contributed by atoms with Crippen LogP contribution in [-0.2, 0) is 6.54 Å². The van der Waals surface area contributed by atoms with E-state index in [0.717, 1.165) is 24.1 Å². The van der Waals surface area contributed by atoms with Crippen LogP contribution in [0.4, 0.5) is 5.95 Å². The van der Waals surface area contributed by atoms with Crippen LogP contribution in [-0.4, -0.2) is 15.6 Å². The second-order valence-electron chi connectivity index (χ2n) is 5.67. The predicted octanol–water partition coefficient (Wildman–Crippen LogP) is 3.98. The Kier molecular flexibility index (Phi) is 4.67. The standard InChI is InChI=1S/C15H27N3/c1-4-13(5-2)11-18-10-12(3)16-15(18)17-14-8-6-7-9-14/h10,13-14H,4-9,11H2,1-3H3,(H,16,17). The van der Waals surface area contributed by atoms with Crippen LogP contribution in [0.1, 0.15) is 58.1 Å². The van der Waals surface area contributed by atoms with Gasteiger partial charge >= 0.3 is 0 Å². The summed E-state index contributed by atoms with van der Waals surface area (Å²) in [6.45, 7) is 7.75. The van der Waals surface area contributed by atoms with E-state index in [1.807, 2.05) is 0 Å². The topological polar surface area (TPSA) is 29.9 Å². The number of nitrogens with one attached hydrogen (secondary N) is 1. The van der Waals surface area contributed by atoms with Gasteiger partial charge in [-0.25, -0.2) is 4.98 Å². The van der Waals surface area contributed by atoms with E-state index in [-0.39, 0.29) is 0 Å². The molecule has 0 spiro atoms. The Morgan fingerprint density at radius 1 is 1.33 bits per heavy atom. The van der Waals surface area contributed by atoms with E-state index in [0.29, 0.717) is 6.04 Å². The quantitative estimate of drug-likeness (QED) is 0.826. The third-order valence-corrected chi connectivity index (χ3v) is 4.19. The van der Waals surface area contributed by atoms with Crippen molar-refractivity contribution in [2.45, 2.75) is 71.9 Å². The molecule has 1 aromatic heterocycles. The Balaban J connectivity index is 2.04. The molecule has 1 aromatic rings. The highest BCUT2D eigenvalue weighted by molar-refractivity contribution is 5.30. The van der Waals surface area contributed by atoms with Crippen molar-refractivity contribution in [3.63, 3.8) is 0 Å². The Bertz CT molecular complexity index is 338. The van der Waals surface area contributed by atoms with Crippen LogP contribution in [0, 0.1) is 12.8 Å². The monoisotopic (exact) mass is 249 g/mol. The number of nitrogens with zero attached hydrogens (tertiary/aromatic N) is 2. The van der Waals surface area contributed by atoms with Crippen molar-refractivity contribution in [1.82, 2.24) is 9.55 Å². The number of aryl methyl sites for hydroxylation is 1. The van der Waals surface area contributed by atoms with Crippen molar-refractivity contribution >= 4 is 5.95 Å². The van der Waals surface area contributed by atoms with E-state index < -0.39 is 0 Å². The van der Waals surface area contributed by atoms with Gasteiger partial charge in [-0.05, 0) is 25.7 Å². The van der Waals surface area contributed by atoms with Crippen LogP contribution in [0.15, 0.2) is 6.20 Å². The van der Waals surface area contributed by atoms with Crippen LogP contribution >= 0.6 is 0 Å². The molecule has 102 valence electrons. The summed E-state index contributed by atoms with van der Waals surface area (Å²) in [5.74, 6) is 1.86. The van der Waals surface area contributed by atoms with Gasteiger partial charge in [-0.3, -0.25) is 0 Å². The highest BCUT2D eigenvalue weighted by Crippen LogP contribution is 2.23. The average molecular weight is 249 g/mol. The molecule has 1 saturated carbocycles. The van der Waals surface area contributed by atoms with Gasteiger partial charge in [0.2, 0.25) is 5.95 Å². The maximum atomic E-state index is 4.65. The lowest BCUT2D eigenvalue weighted by atomic mass is 10.0. The molecule has 2 rings (SSSR count). The number of imidazole rings is 1. The van der Waals surface area contributed by atoms with E-state index in [9.17, 15) is 0 Å². The molecule has 1 fully saturated rings. The Morgan fingerprint density at radius 3 is 2.61 bits per heavy atom. The molecule has 0 aromatic carbocycles. The van der Waals surface area contributed by atoms with E-state index in [2.05, 4.69) is 41.8 Å². The van der Waals surface area contributed by atoms with Crippen molar-refractivity contribution < 1.29 is 0 Å². The minimum absolute atomic E-state index is 0.646. The molecule has 0 amide bonds. The highest BCUT2D eigenvalue weighted by atomic mass is 15.2. The molecule has 1 N–H and O–H groups in total. The SMILES string of the molecule is CCC(CC)Cn1cc(C)nc1NC1CCCC1. The molecule has 1 aliphatic rings. The zero-order valence-electron chi connectivity index (χ0n) is 12.1. The van der Waals surface area contributed by atoms with Gasteiger partial charge < -0.3 is 9.88 Å². The molecule has 1 heterocycles. The summed E-state index contributed by atoms with van der Waals surface area (Å²) in [5, 5.41) is 3.64. The van der Waals surface area contributed by atoms with Gasteiger partial charge in [0, 0.05) is 18.8 Å². The first-order chi connectivity index (χ1) is 8.72. The van der Waals surface area contributed by atoms with E-state index in [1.54, 1.807) is 0 Å². The fourth-order valence-electron chi connectivity index (χ4n) is 2.88.